The third-order valence-electron chi connectivity index (χ3n) is 14.5. The molecular weight excluding hydrogens is 1190 g/mol. The number of nitrogens with two attached hydrogens (primary N) is 3. The van der Waals surface area contributed by atoms with E-state index < -0.39 is 130 Å². The van der Waals surface area contributed by atoms with E-state index in [9.17, 15) is 88.6 Å². The molecule has 9 rings (SSSR count). The van der Waals surface area contributed by atoms with Crippen LogP contribution in [0.1, 0.15) is 67.0 Å². The molecule has 0 radical (unpaired) electrons. The molecule has 456 valence electrons. The SMILES string of the molecule is NC(=O)C(CC(=O)O)N1CC(Oc2ccc3c(c2C(=O)O)O[B-](O)(O)CC3)C1.NC(=O)C(CC(=O)O)N1CC(Oc2ccc3c(c2C(=O)O)O[B-](O)(O)CC3)C1.NC(=O)C(CC(=O)O)N1CC(Oc2ccc3c(c2C(=O)O)O[B-](O)(O)CC3)C1.[Na+].[Na+].[Na+]. The summed E-state index contributed by atoms with van der Waals surface area (Å²) in [6, 6.07) is 6.24. The van der Waals surface area contributed by atoms with Crippen molar-refractivity contribution in [2.45, 2.75) is 93.9 Å². The molecule has 0 saturated carbocycles. The van der Waals surface area contributed by atoms with Crippen molar-refractivity contribution in [3.8, 4) is 34.5 Å². The molecule has 0 aromatic heterocycles. The van der Waals surface area contributed by atoms with Crippen LogP contribution in [0.4, 0.5) is 0 Å². The van der Waals surface area contributed by atoms with Crippen LogP contribution in [0.15, 0.2) is 36.4 Å². The van der Waals surface area contributed by atoms with Gasteiger partial charge in [-0.3, -0.25) is 43.5 Å². The first-order valence-electron chi connectivity index (χ1n) is 26.0. The monoisotopic (exact) mass is 1250 g/mol. The van der Waals surface area contributed by atoms with Crippen molar-refractivity contribution in [2.75, 3.05) is 39.3 Å². The Bertz CT molecular complexity index is 2810. The van der Waals surface area contributed by atoms with E-state index in [1.165, 1.54) is 32.9 Å². The zero-order chi connectivity index (χ0) is 61.9. The van der Waals surface area contributed by atoms with Crippen LogP contribution >= 0.6 is 0 Å². The summed E-state index contributed by atoms with van der Waals surface area (Å²) in [7, 11) is 0. The van der Waals surface area contributed by atoms with Gasteiger partial charge in [0.2, 0.25) is 17.7 Å². The molecule has 0 aliphatic carbocycles. The molecule has 6 aliphatic rings. The Balaban J connectivity index is 0.000000275. The van der Waals surface area contributed by atoms with E-state index in [1.54, 1.807) is 18.2 Å². The van der Waals surface area contributed by atoms with Crippen molar-refractivity contribution in [3.05, 3.63) is 69.8 Å². The van der Waals surface area contributed by atoms with Crippen LogP contribution in [0.2, 0.25) is 19.0 Å². The maximum Gasteiger partial charge on any atom is 1.00 e. The summed E-state index contributed by atoms with van der Waals surface area (Å²) in [6.45, 7) is -8.30. The van der Waals surface area contributed by atoms with Gasteiger partial charge in [-0.1, -0.05) is 37.2 Å². The Labute approximate surface area is 559 Å². The average molecular weight is 1250 g/mol. The molecule has 3 amide bonds. The second kappa shape index (κ2) is 30.4. The van der Waals surface area contributed by atoms with Gasteiger partial charge in [0, 0.05) is 39.3 Å². The fourth-order valence-corrected chi connectivity index (χ4v) is 10.2. The van der Waals surface area contributed by atoms with Crippen molar-refractivity contribution in [1.82, 2.24) is 14.7 Å². The first-order chi connectivity index (χ1) is 39.2. The predicted molar refractivity (Wildman–Crippen MR) is 282 cm³/mol. The molecule has 18 N–H and O–H groups in total. The van der Waals surface area contributed by atoms with Gasteiger partial charge >= 0.3 is 145 Å². The van der Waals surface area contributed by atoms with Crippen molar-refractivity contribution in [3.63, 3.8) is 0 Å². The standard InChI is InChI=1S/3C16H20BN2O9.3Na/c3*18-15(22)10(5-12(20)21)19-6-9(7-19)27-11-2-1-8-3-4-17(25,26)28-14(8)13(11)16(23)24;;;/h3*1-2,9-10,25-26H,3-7H2,(H2,18,22)(H,20,21)(H,23,24);;;/q3*-1;3*+1. The molecule has 3 saturated heterocycles. The van der Waals surface area contributed by atoms with Gasteiger partial charge in [-0.05, 0) is 54.2 Å². The molecule has 3 atom stereocenters. The largest absolute Gasteiger partial charge is 1.00 e. The Morgan fingerprint density at radius 3 is 0.828 bits per heavy atom. The molecule has 87 heavy (non-hydrogen) atoms. The summed E-state index contributed by atoms with van der Waals surface area (Å²) in [6.07, 6.45) is -2.17. The van der Waals surface area contributed by atoms with Crippen LogP contribution in [0, 0.1) is 0 Å². The fourth-order valence-electron chi connectivity index (χ4n) is 10.2. The Kier molecular flexibility index (Phi) is 25.8. The number of fused-ring (bicyclic) bond motifs is 3. The number of primary amides is 3. The number of aromatic carboxylic acids is 3. The summed E-state index contributed by atoms with van der Waals surface area (Å²) >= 11 is 0. The van der Waals surface area contributed by atoms with Gasteiger partial charge in [-0.25, -0.2) is 14.4 Å². The topological polar surface area (TPSA) is 540 Å². The number of nitrogens with zero attached hydrogens (tertiary/aromatic N) is 3. The summed E-state index contributed by atoms with van der Waals surface area (Å²) in [5, 5.41) is 114. The molecule has 39 heteroatoms. The van der Waals surface area contributed by atoms with Crippen molar-refractivity contribution < 1.29 is 221 Å². The molecule has 0 bridgehead atoms. The van der Waals surface area contributed by atoms with Gasteiger partial charge in [0.25, 0.3) is 0 Å². The van der Waals surface area contributed by atoms with E-state index in [0.717, 1.165) is 0 Å². The van der Waals surface area contributed by atoms with Gasteiger partial charge in [0.05, 0.1) is 54.6 Å². The van der Waals surface area contributed by atoms with Crippen LogP contribution in [-0.4, -0.2) is 225 Å². The summed E-state index contributed by atoms with van der Waals surface area (Å²) in [4.78, 5) is 107. The predicted octanol–water partition coefficient (Wildman–Crippen LogP) is -13.1. The number of ether oxygens (including phenoxy) is 3. The van der Waals surface area contributed by atoms with Crippen LogP contribution in [0.25, 0.3) is 0 Å². The molecule has 3 aromatic rings. The molecule has 3 fully saturated rings. The number of carboxylic acid groups (broad SMARTS) is 6. The molecule has 33 nitrogen and oxygen atoms in total. The number of benzene rings is 3. The van der Waals surface area contributed by atoms with Crippen molar-refractivity contribution >= 4 is 73.8 Å². The smallest absolute Gasteiger partial charge is 0.669 e. The van der Waals surface area contributed by atoms with Gasteiger partial charge in [-0.2, -0.15) is 0 Å². The van der Waals surface area contributed by atoms with E-state index in [2.05, 4.69) is 0 Å². The van der Waals surface area contributed by atoms with Crippen molar-refractivity contribution in [1.29, 1.82) is 0 Å². The minimum atomic E-state index is -3.14. The number of likely N-dealkylation sites (tertiary alicyclic amines) is 3. The minimum Gasteiger partial charge on any atom is -0.669 e. The average Bonchev–Trinajstić information content (AvgIpc) is 3.26. The third-order valence-corrected chi connectivity index (χ3v) is 14.5. The number of carbonyl (C=O) groups excluding carboxylic acids is 3. The second-order valence-corrected chi connectivity index (χ2v) is 20.9. The zero-order valence-corrected chi connectivity index (χ0v) is 53.3. The van der Waals surface area contributed by atoms with E-state index >= 15 is 0 Å². The maximum absolute atomic E-state index is 11.7. The zero-order valence-electron chi connectivity index (χ0n) is 47.3. The number of hydrogen-bond acceptors (Lipinski definition) is 24. The number of carboxylic acids is 6. The van der Waals surface area contributed by atoms with Crippen LogP contribution in [-0.2, 0) is 48.0 Å². The Hall–Kier alpha value is -5.48. The number of amides is 3. The molecule has 3 unspecified atom stereocenters. The van der Waals surface area contributed by atoms with Gasteiger partial charge in [0.15, 0.2) is 0 Å². The fraction of sp³-hybridized carbons (Fsp3) is 0.438. The van der Waals surface area contributed by atoms with Gasteiger partial charge in [0.1, 0.15) is 52.3 Å². The quantitative estimate of drug-likeness (QED) is 0.0440. The van der Waals surface area contributed by atoms with Crippen LogP contribution in [0.5, 0.6) is 34.5 Å². The van der Waals surface area contributed by atoms with E-state index in [-0.39, 0.29) is 217 Å². The second-order valence-electron chi connectivity index (χ2n) is 20.9. The van der Waals surface area contributed by atoms with Gasteiger partial charge in [-0.15, -0.1) is 0 Å². The number of aryl methyl sites for hydroxylation is 3. The number of hydrogen-bond donors (Lipinski definition) is 15. The maximum atomic E-state index is 11.7. The Morgan fingerprint density at radius 1 is 0.425 bits per heavy atom. The summed E-state index contributed by atoms with van der Waals surface area (Å²) in [5.74, 6) is -10.3. The van der Waals surface area contributed by atoms with Crippen LogP contribution in [0.3, 0.4) is 0 Å². The number of aliphatic carboxylic acids is 3. The molecular formula is C48H60B3N6Na3O27. The van der Waals surface area contributed by atoms with Crippen LogP contribution < -0.4 is 134 Å². The first-order valence-corrected chi connectivity index (χ1v) is 26.0. The van der Waals surface area contributed by atoms with E-state index in [1.807, 2.05) is 0 Å². The first kappa shape index (κ1) is 74.0. The summed E-state index contributed by atoms with van der Waals surface area (Å²) in [5.41, 5.74) is 16.3. The molecule has 0 spiro atoms. The van der Waals surface area contributed by atoms with Gasteiger partial charge < -0.3 is 106 Å². The van der Waals surface area contributed by atoms with Crippen molar-refractivity contribution in [2.24, 2.45) is 17.2 Å². The molecule has 6 aliphatic heterocycles. The normalized spacial score (nSPS) is 19.0. The minimum absolute atomic E-state index is 0. The molecule has 6 heterocycles. The number of carbonyl (C=O) groups is 9. The molecule has 3 aromatic carbocycles. The third kappa shape index (κ3) is 18.8. The number of rotatable bonds is 21. The van der Waals surface area contributed by atoms with E-state index in [0.29, 0.717) is 16.7 Å². The van der Waals surface area contributed by atoms with E-state index in [4.69, 9.17) is 60.7 Å². The Morgan fingerprint density at radius 2 is 0.644 bits per heavy atom. The summed E-state index contributed by atoms with van der Waals surface area (Å²) < 4.78 is 32.3.